The standard InChI is InChI=1S/C8H9N3O/c1-6(5-9)11-4-2-3-7(10)8(11)12/h2-4,6H,10H2,1H3/t6-/m1/s1. The zero-order valence-corrected chi connectivity index (χ0v) is 6.69. The van der Waals surface area contributed by atoms with Crippen LogP contribution in [0.25, 0.3) is 0 Å². The van der Waals surface area contributed by atoms with Crippen molar-refractivity contribution in [2.45, 2.75) is 13.0 Å². The summed E-state index contributed by atoms with van der Waals surface area (Å²) in [5.41, 5.74) is 5.22. The van der Waals surface area contributed by atoms with E-state index in [9.17, 15) is 4.79 Å². The van der Waals surface area contributed by atoms with Crippen molar-refractivity contribution in [1.82, 2.24) is 4.57 Å². The number of nitriles is 1. The molecule has 0 unspecified atom stereocenters. The Balaban J connectivity index is 3.28. The first-order valence-corrected chi connectivity index (χ1v) is 3.53. The highest BCUT2D eigenvalue weighted by Gasteiger charge is 2.04. The number of pyridine rings is 1. The molecule has 4 heteroatoms. The van der Waals surface area contributed by atoms with Crippen molar-refractivity contribution in [1.29, 1.82) is 5.26 Å². The van der Waals surface area contributed by atoms with Gasteiger partial charge in [-0.25, -0.2) is 0 Å². The quantitative estimate of drug-likeness (QED) is 0.655. The molecule has 4 nitrogen and oxygen atoms in total. The summed E-state index contributed by atoms with van der Waals surface area (Å²) in [4.78, 5) is 11.3. The number of hydrogen-bond donors (Lipinski definition) is 1. The van der Waals surface area contributed by atoms with Gasteiger partial charge in [-0.3, -0.25) is 9.36 Å². The van der Waals surface area contributed by atoms with E-state index in [0.29, 0.717) is 0 Å². The molecule has 0 aromatic carbocycles. The summed E-state index contributed by atoms with van der Waals surface area (Å²) in [6.07, 6.45) is 1.55. The summed E-state index contributed by atoms with van der Waals surface area (Å²) >= 11 is 0. The largest absolute Gasteiger partial charge is 0.394 e. The fraction of sp³-hybridized carbons (Fsp3) is 0.250. The second-order valence-electron chi connectivity index (χ2n) is 2.48. The molecule has 0 bridgehead atoms. The van der Waals surface area contributed by atoms with Gasteiger partial charge in [0.25, 0.3) is 5.56 Å². The van der Waals surface area contributed by atoms with Gasteiger partial charge in [0, 0.05) is 6.20 Å². The highest BCUT2D eigenvalue weighted by molar-refractivity contribution is 5.33. The second kappa shape index (κ2) is 3.09. The van der Waals surface area contributed by atoms with Crippen LogP contribution in [0.2, 0.25) is 0 Å². The van der Waals surface area contributed by atoms with Gasteiger partial charge in [0.2, 0.25) is 0 Å². The van der Waals surface area contributed by atoms with E-state index >= 15 is 0 Å². The van der Waals surface area contributed by atoms with E-state index in [1.165, 1.54) is 10.6 Å². The highest BCUT2D eigenvalue weighted by atomic mass is 16.1. The van der Waals surface area contributed by atoms with Crippen LogP contribution in [-0.4, -0.2) is 4.57 Å². The zero-order valence-electron chi connectivity index (χ0n) is 6.69. The van der Waals surface area contributed by atoms with Crippen molar-refractivity contribution >= 4 is 5.69 Å². The predicted molar refractivity (Wildman–Crippen MR) is 45.4 cm³/mol. The first-order valence-electron chi connectivity index (χ1n) is 3.53. The van der Waals surface area contributed by atoms with Crippen LogP contribution in [0.1, 0.15) is 13.0 Å². The maximum Gasteiger partial charge on any atom is 0.274 e. The van der Waals surface area contributed by atoms with E-state index in [1.807, 2.05) is 6.07 Å². The molecule has 0 saturated heterocycles. The summed E-state index contributed by atoms with van der Waals surface area (Å²) in [5, 5.41) is 8.55. The van der Waals surface area contributed by atoms with Crippen LogP contribution in [0.15, 0.2) is 23.1 Å². The lowest BCUT2D eigenvalue weighted by atomic mass is 10.3. The lowest BCUT2D eigenvalue weighted by Crippen LogP contribution is -2.23. The molecule has 0 radical (unpaired) electrons. The Labute approximate surface area is 69.8 Å². The van der Waals surface area contributed by atoms with Crippen molar-refractivity contribution in [3.8, 4) is 6.07 Å². The highest BCUT2D eigenvalue weighted by Crippen LogP contribution is 2.00. The van der Waals surface area contributed by atoms with Gasteiger partial charge in [-0.2, -0.15) is 5.26 Å². The minimum Gasteiger partial charge on any atom is -0.394 e. The third-order valence-corrected chi connectivity index (χ3v) is 1.61. The van der Waals surface area contributed by atoms with Gasteiger partial charge >= 0.3 is 0 Å². The Kier molecular flexibility index (Phi) is 2.15. The molecule has 0 aliphatic rings. The molecule has 1 aromatic heterocycles. The topological polar surface area (TPSA) is 71.8 Å². The molecule has 0 spiro atoms. The first-order chi connectivity index (χ1) is 5.66. The Morgan fingerprint density at radius 3 is 3.00 bits per heavy atom. The number of anilines is 1. The molecule has 12 heavy (non-hydrogen) atoms. The lowest BCUT2D eigenvalue weighted by Gasteiger charge is -2.06. The molecule has 1 aromatic rings. The predicted octanol–water partition coefficient (Wildman–Crippen LogP) is 0.515. The van der Waals surface area contributed by atoms with Crippen LogP contribution in [0.4, 0.5) is 5.69 Å². The molecule has 1 heterocycles. The molecular formula is C8H9N3O. The van der Waals surface area contributed by atoms with Crippen LogP contribution < -0.4 is 11.3 Å². The van der Waals surface area contributed by atoms with E-state index in [2.05, 4.69) is 0 Å². The molecule has 1 atom stereocenters. The van der Waals surface area contributed by atoms with Gasteiger partial charge in [0.1, 0.15) is 6.04 Å². The number of hydrogen-bond acceptors (Lipinski definition) is 3. The Morgan fingerprint density at radius 2 is 2.42 bits per heavy atom. The molecule has 2 N–H and O–H groups in total. The monoisotopic (exact) mass is 163 g/mol. The lowest BCUT2D eigenvalue weighted by molar-refractivity contribution is 0.648. The van der Waals surface area contributed by atoms with Crippen LogP contribution in [0.5, 0.6) is 0 Å². The third-order valence-electron chi connectivity index (χ3n) is 1.61. The van der Waals surface area contributed by atoms with Crippen molar-refractivity contribution in [3.05, 3.63) is 28.7 Å². The van der Waals surface area contributed by atoms with Crippen molar-refractivity contribution in [3.63, 3.8) is 0 Å². The fourth-order valence-corrected chi connectivity index (χ4v) is 0.895. The summed E-state index contributed by atoms with van der Waals surface area (Å²) in [6.45, 7) is 1.64. The average molecular weight is 163 g/mol. The maximum atomic E-state index is 11.3. The number of rotatable bonds is 1. The summed E-state index contributed by atoms with van der Waals surface area (Å²) in [5.74, 6) is 0. The number of nitrogen functional groups attached to an aromatic ring is 1. The molecule has 62 valence electrons. The minimum atomic E-state index is -0.471. The molecule has 0 saturated carbocycles. The minimum absolute atomic E-state index is 0.166. The molecule has 0 fully saturated rings. The Morgan fingerprint density at radius 1 is 1.75 bits per heavy atom. The van der Waals surface area contributed by atoms with E-state index in [-0.39, 0.29) is 11.2 Å². The van der Waals surface area contributed by atoms with Crippen molar-refractivity contribution in [2.24, 2.45) is 0 Å². The maximum absolute atomic E-state index is 11.3. The summed E-state index contributed by atoms with van der Waals surface area (Å²) < 4.78 is 1.30. The number of nitrogens with two attached hydrogens (primary N) is 1. The summed E-state index contributed by atoms with van der Waals surface area (Å²) in [7, 11) is 0. The Bertz CT molecular complexity index is 375. The average Bonchev–Trinajstić information content (AvgIpc) is 2.08. The first kappa shape index (κ1) is 8.34. The van der Waals surface area contributed by atoms with E-state index in [0.717, 1.165) is 0 Å². The SMILES string of the molecule is C[C@H](C#N)n1cccc(N)c1=O. The van der Waals surface area contributed by atoms with E-state index in [4.69, 9.17) is 11.0 Å². The van der Waals surface area contributed by atoms with Crippen LogP contribution >= 0.6 is 0 Å². The second-order valence-corrected chi connectivity index (χ2v) is 2.48. The van der Waals surface area contributed by atoms with Gasteiger partial charge in [0.15, 0.2) is 0 Å². The number of nitrogens with zero attached hydrogens (tertiary/aromatic N) is 2. The van der Waals surface area contributed by atoms with Crippen LogP contribution in [0, 0.1) is 11.3 Å². The van der Waals surface area contributed by atoms with Gasteiger partial charge in [0.05, 0.1) is 11.8 Å². The van der Waals surface area contributed by atoms with Crippen molar-refractivity contribution in [2.75, 3.05) is 5.73 Å². The van der Waals surface area contributed by atoms with Gasteiger partial charge in [-0.05, 0) is 19.1 Å². The van der Waals surface area contributed by atoms with Gasteiger partial charge < -0.3 is 5.73 Å². The fourth-order valence-electron chi connectivity index (χ4n) is 0.895. The van der Waals surface area contributed by atoms with Gasteiger partial charge in [-0.15, -0.1) is 0 Å². The third kappa shape index (κ3) is 1.30. The molecule has 0 aliphatic heterocycles. The molecular weight excluding hydrogens is 154 g/mol. The van der Waals surface area contributed by atoms with Crippen LogP contribution in [0.3, 0.4) is 0 Å². The van der Waals surface area contributed by atoms with Crippen molar-refractivity contribution < 1.29 is 0 Å². The van der Waals surface area contributed by atoms with E-state index < -0.39 is 6.04 Å². The molecule has 0 amide bonds. The summed E-state index contributed by atoms with van der Waals surface area (Å²) in [6, 6.07) is 4.65. The zero-order chi connectivity index (χ0) is 9.14. The van der Waals surface area contributed by atoms with Crippen LogP contribution in [-0.2, 0) is 0 Å². The molecule has 1 rings (SSSR count). The normalized spacial score (nSPS) is 12.0. The van der Waals surface area contributed by atoms with Gasteiger partial charge in [-0.1, -0.05) is 0 Å². The van der Waals surface area contributed by atoms with E-state index in [1.54, 1.807) is 19.2 Å². The number of aromatic nitrogens is 1. The Hall–Kier alpha value is -1.76. The smallest absolute Gasteiger partial charge is 0.274 e. The molecule has 0 aliphatic carbocycles.